The van der Waals surface area contributed by atoms with Gasteiger partial charge in [-0.05, 0) is 44.2 Å². The molecule has 0 atom stereocenters. The molecule has 3 rings (SSSR count). The lowest BCUT2D eigenvalue weighted by molar-refractivity contribution is 0.0765. The van der Waals surface area contributed by atoms with Gasteiger partial charge in [-0.15, -0.1) is 0 Å². The van der Waals surface area contributed by atoms with Crippen LogP contribution in [0.15, 0.2) is 53.6 Å². The monoisotopic (exact) mass is 322 g/mol. The number of benzene rings is 1. The third kappa shape index (κ3) is 3.19. The largest absolute Gasteiger partial charge is 0.385 e. The number of nitrogens with zero attached hydrogens (tertiary/aromatic N) is 2. The highest BCUT2D eigenvalue weighted by atomic mass is 19.1. The fourth-order valence-electron chi connectivity index (χ4n) is 2.28. The second-order valence-corrected chi connectivity index (χ2v) is 5.94. The van der Waals surface area contributed by atoms with Crippen molar-refractivity contribution in [2.45, 2.75) is 19.4 Å². The van der Waals surface area contributed by atoms with Gasteiger partial charge in [-0.1, -0.05) is 17.9 Å². The average Bonchev–Trinajstić information content (AvgIpc) is 2.52. The number of fused-ring (bicyclic) bond motifs is 1. The van der Waals surface area contributed by atoms with Gasteiger partial charge >= 0.3 is 0 Å². The Bertz CT molecular complexity index is 1040. The fraction of sp³-hybridized carbons (Fsp3) is 0.158. The molecule has 1 N–H and O–H groups in total. The molecule has 2 heterocycles. The van der Waals surface area contributed by atoms with E-state index in [2.05, 4.69) is 16.8 Å². The van der Waals surface area contributed by atoms with Crippen molar-refractivity contribution in [3.05, 3.63) is 81.7 Å². The van der Waals surface area contributed by atoms with Gasteiger partial charge in [-0.3, -0.25) is 9.20 Å². The second kappa shape index (κ2) is 5.91. The molecule has 0 radical (unpaired) electrons. The standard InChI is InChI=1S/C19H15FN2O2/c1-19(2,24)16-12-21-17-11-14(8-9-22(17)18(16)23)7-6-13-4-3-5-15(20)10-13/h3-5,8-12,24H,1-2H3. The molecule has 0 aliphatic heterocycles. The highest BCUT2D eigenvalue weighted by Crippen LogP contribution is 2.15. The molecule has 5 heteroatoms. The Balaban J connectivity index is 2.03. The number of aromatic nitrogens is 2. The van der Waals surface area contributed by atoms with E-state index < -0.39 is 5.60 Å². The summed E-state index contributed by atoms with van der Waals surface area (Å²) in [4.78, 5) is 16.6. The first kappa shape index (κ1) is 15.9. The first-order chi connectivity index (χ1) is 11.3. The molecule has 0 aliphatic rings. The van der Waals surface area contributed by atoms with Crippen LogP contribution in [-0.4, -0.2) is 14.5 Å². The first-order valence-electron chi connectivity index (χ1n) is 7.36. The lowest BCUT2D eigenvalue weighted by Crippen LogP contribution is -2.29. The van der Waals surface area contributed by atoms with Crippen molar-refractivity contribution >= 4 is 5.65 Å². The van der Waals surface area contributed by atoms with Gasteiger partial charge in [-0.25, -0.2) is 9.37 Å². The Labute approximate surface area is 138 Å². The first-order valence-corrected chi connectivity index (χ1v) is 7.36. The lowest BCUT2D eigenvalue weighted by atomic mass is 10.0. The number of halogens is 1. The summed E-state index contributed by atoms with van der Waals surface area (Å²) in [5.41, 5.74) is 0.288. The van der Waals surface area contributed by atoms with Crippen LogP contribution < -0.4 is 5.56 Å². The van der Waals surface area contributed by atoms with Gasteiger partial charge in [0.25, 0.3) is 5.56 Å². The predicted molar refractivity (Wildman–Crippen MR) is 89.1 cm³/mol. The van der Waals surface area contributed by atoms with Crippen molar-refractivity contribution in [3.8, 4) is 11.8 Å². The number of hydrogen-bond acceptors (Lipinski definition) is 3. The van der Waals surface area contributed by atoms with E-state index in [0.29, 0.717) is 16.8 Å². The van der Waals surface area contributed by atoms with Crippen LogP contribution in [0.5, 0.6) is 0 Å². The molecular formula is C19H15FN2O2. The van der Waals surface area contributed by atoms with Crippen LogP contribution in [0.4, 0.5) is 4.39 Å². The zero-order valence-corrected chi connectivity index (χ0v) is 13.2. The molecule has 0 aliphatic carbocycles. The van der Waals surface area contributed by atoms with Gasteiger partial charge < -0.3 is 5.11 Å². The molecule has 0 amide bonds. The van der Waals surface area contributed by atoms with Crippen molar-refractivity contribution in [2.24, 2.45) is 0 Å². The van der Waals surface area contributed by atoms with Gasteiger partial charge in [0.05, 0.1) is 11.2 Å². The van der Waals surface area contributed by atoms with E-state index >= 15 is 0 Å². The summed E-state index contributed by atoms with van der Waals surface area (Å²) in [7, 11) is 0. The molecule has 0 fully saturated rings. The molecule has 2 aromatic heterocycles. The van der Waals surface area contributed by atoms with Crippen molar-refractivity contribution in [1.29, 1.82) is 0 Å². The van der Waals surface area contributed by atoms with Crippen LogP contribution in [0.1, 0.15) is 30.5 Å². The van der Waals surface area contributed by atoms with Gasteiger partial charge in [0.2, 0.25) is 0 Å². The van der Waals surface area contributed by atoms with Gasteiger partial charge in [0.15, 0.2) is 0 Å². The molecular weight excluding hydrogens is 307 g/mol. The molecule has 120 valence electrons. The second-order valence-electron chi connectivity index (χ2n) is 5.94. The maximum absolute atomic E-state index is 13.1. The summed E-state index contributed by atoms with van der Waals surface area (Å²) in [5.74, 6) is 5.45. The minimum Gasteiger partial charge on any atom is -0.385 e. The molecule has 0 unspecified atom stereocenters. The van der Waals surface area contributed by atoms with E-state index in [1.165, 1.54) is 36.6 Å². The van der Waals surface area contributed by atoms with Crippen LogP contribution in [0.25, 0.3) is 5.65 Å². The van der Waals surface area contributed by atoms with Crippen LogP contribution in [-0.2, 0) is 5.60 Å². The minimum absolute atomic E-state index is 0.221. The van der Waals surface area contributed by atoms with E-state index in [1.54, 1.807) is 30.5 Å². The fourth-order valence-corrected chi connectivity index (χ4v) is 2.28. The number of aliphatic hydroxyl groups is 1. The SMILES string of the molecule is CC(C)(O)c1cnc2cc(C#Cc3cccc(F)c3)ccn2c1=O. The van der Waals surface area contributed by atoms with E-state index in [9.17, 15) is 14.3 Å². The van der Waals surface area contributed by atoms with Crippen LogP contribution in [0, 0.1) is 17.7 Å². The number of pyridine rings is 1. The van der Waals surface area contributed by atoms with Crippen LogP contribution in [0.2, 0.25) is 0 Å². The van der Waals surface area contributed by atoms with E-state index in [0.717, 1.165) is 0 Å². The van der Waals surface area contributed by atoms with Crippen molar-refractivity contribution in [2.75, 3.05) is 0 Å². The Morgan fingerprint density at radius 3 is 2.54 bits per heavy atom. The maximum atomic E-state index is 13.1. The highest BCUT2D eigenvalue weighted by molar-refractivity contribution is 5.50. The van der Waals surface area contributed by atoms with Gasteiger partial charge in [0.1, 0.15) is 11.5 Å². The Morgan fingerprint density at radius 1 is 1.17 bits per heavy atom. The third-order valence-electron chi connectivity index (χ3n) is 3.54. The van der Waals surface area contributed by atoms with Gasteiger partial charge in [0, 0.05) is 23.5 Å². The van der Waals surface area contributed by atoms with Crippen LogP contribution in [0.3, 0.4) is 0 Å². The van der Waals surface area contributed by atoms with E-state index in [4.69, 9.17) is 0 Å². The zero-order chi connectivity index (χ0) is 17.3. The summed E-state index contributed by atoms with van der Waals surface area (Å²) < 4.78 is 14.5. The molecule has 0 spiro atoms. The Kier molecular flexibility index (Phi) is 3.92. The maximum Gasteiger partial charge on any atom is 0.263 e. The van der Waals surface area contributed by atoms with Crippen molar-refractivity contribution < 1.29 is 9.50 Å². The molecule has 1 aromatic carbocycles. The highest BCUT2D eigenvalue weighted by Gasteiger charge is 2.21. The minimum atomic E-state index is -1.26. The summed E-state index contributed by atoms with van der Waals surface area (Å²) in [6.45, 7) is 3.08. The number of hydrogen-bond donors (Lipinski definition) is 1. The molecule has 0 saturated carbocycles. The summed E-state index contributed by atoms with van der Waals surface area (Å²) in [6.07, 6.45) is 2.94. The summed E-state index contributed by atoms with van der Waals surface area (Å²) >= 11 is 0. The summed E-state index contributed by atoms with van der Waals surface area (Å²) in [5, 5.41) is 10.0. The van der Waals surface area contributed by atoms with Crippen LogP contribution >= 0.6 is 0 Å². The Hall–Kier alpha value is -2.97. The molecule has 24 heavy (non-hydrogen) atoms. The van der Waals surface area contributed by atoms with E-state index in [-0.39, 0.29) is 16.9 Å². The smallest absolute Gasteiger partial charge is 0.263 e. The van der Waals surface area contributed by atoms with Gasteiger partial charge in [-0.2, -0.15) is 0 Å². The van der Waals surface area contributed by atoms with Crippen molar-refractivity contribution in [3.63, 3.8) is 0 Å². The average molecular weight is 322 g/mol. The topological polar surface area (TPSA) is 54.6 Å². The molecule has 3 aromatic rings. The van der Waals surface area contributed by atoms with E-state index in [1.807, 2.05) is 0 Å². The third-order valence-corrected chi connectivity index (χ3v) is 3.54. The normalized spacial score (nSPS) is 11.2. The summed E-state index contributed by atoms with van der Waals surface area (Å²) in [6, 6.07) is 9.37. The number of rotatable bonds is 1. The quantitative estimate of drug-likeness (QED) is 0.700. The molecule has 0 bridgehead atoms. The zero-order valence-electron chi connectivity index (χ0n) is 13.2. The molecule has 4 nitrogen and oxygen atoms in total. The predicted octanol–water partition coefficient (Wildman–Crippen LogP) is 2.46. The Morgan fingerprint density at radius 2 is 1.88 bits per heavy atom. The van der Waals surface area contributed by atoms with Crippen molar-refractivity contribution in [1.82, 2.24) is 9.38 Å². The lowest BCUT2D eigenvalue weighted by Gasteiger charge is -2.16. The molecule has 0 saturated heterocycles.